The Morgan fingerprint density at radius 1 is 1.05 bits per heavy atom. The predicted octanol–water partition coefficient (Wildman–Crippen LogP) is 3.51. The molecule has 7 heteroatoms. The van der Waals surface area contributed by atoms with Crippen molar-refractivity contribution in [1.82, 2.24) is 5.32 Å². The molecule has 1 amide bonds. The minimum Gasteiger partial charge on any atom is -0.353 e. The number of anilines is 2. The summed E-state index contributed by atoms with van der Waals surface area (Å²) in [5, 5.41) is 8.33. The highest BCUT2D eigenvalue weighted by atomic mass is 79.9. The first kappa shape index (κ1) is 16.4. The molecule has 3 N–H and O–H groups in total. The summed E-state index contributed by atoms with van der Waals surface area (Å²) in [7, 11) is 0. The van der Waals surface area contributed by atoms with E-state index in [0.717, 1.165) is 4.47 Å². The number of rotatable bonds is 4. The van der Waals surface area contributed by atoms with Crippen molar-refractivity contribution < 1.29 is 9.18 Å². The Kier molecular flexibility index (Phi) is 5.85. The highest BCUT2D eigenvalue weighted by molar-refractivity contribution is 9.10. The van der Waals surface area contributed by atoms with Crippen molar-refractivity contribution >= 4 is 50.5 Å². The van der Waals surface area contributed by atoms with Gasteiger partial charge in [0.25, 0.3) is 0 Å². The lowest BCUT2D eigenvalue weighted by molar-refractivity contribution is -0.115. The van der Waals surface area contributed by atoms with Gasteiger partial charge in [-0.05, 0) is 52.4 Å². The maximum absolute atomic E-state index is 13.4. The molecule has 0 atom stereocenters. The van der Waals surface area contributed by atoms with E-state index < -0.39 is 5.82 Å². The van der Waals surface area contributed by atoms with E-state index in [2.05, 4.69) is 31.9 Å². The Bertz CT molecular complexity index is 636. The van der Waals surface area contributed by atoms with Crippen LogP contribution < -0.4 is 16.0 Å². The molecule has 0 radical (unpaired) electrons. The van der Waals surface area contributed by atoms with Crippen LogP contribution in [0.4, 0.5) is 15.8 Å². The van der Waals surface area contributed by atoms with Crippen molar-refractivity contribution in [1.29, 1.82) is 0 Å². The summed E-state index contributed by atoms with van der Waals surface area (Å²) >= 11 is 8.37. The number of nitrogens with one attached hydrogen (secondary N) is 3. The Labute approximate surface area is 141 Å². The van der Waals surface area contributed by atoms with Crippen LogP contribution in [0, 0.1) is 5.82 Å². The van der Waals surface area contributed by atoms with E-state index in [1.54, 1.807) is 24.3 Å². The number of carbonyl (C=O) groups excluding carboxylic acids is 1. The third-order valence-corrected chi connectivity index (χ3v) is 3.62. The summed E-state index contributed by atoms with van der Waals surface area (Å²) in [5.74, 6) is -0.672. The average molecular weight is 382 g/mol. The van der Waals surface area contributed by atoms with E-state index in [9.17, 15) is 9.18 Å². The van der Waals surface area contributed by atoms with Crippen LogP contribution in [0.5, 0.6) is 0 Å². The number of hydrogen-bond acceptors (Lipinski definition) is 2. The van der Waals surface area contributed by atoms with Crippen LogP contribution in [0.15, 0.2) is 53.0 Å². The fourth-order valence-corrected chi connectivity index (χ4v) is 2.21. The second-order valence-corrected chi connectivity index (χ2v) is 5.58. The van der Waals surface area contributed by atoms with Gasteiger partial charge in [-0.1, -0.05) is 24.3 Å². The van der Waals surface area contributed by atoms with Crippen LogP contribution in [0.3, 0.4) is 0 Å². The van der Waals surface area contributed by atoms with Gasteiger partial charge in [0, 0.05) is 4.47 Å². The molecule has 0 bridgehead atoms. The lowest BCUT2D eigenvalue weighted by Crippen LogP contribution is -2.35. The van der Waals surface area contributed by atoms with Crippen molar-refractivity contribution in [2.24, 2.45) is 0 Å². The van der Waals surface area contributed by atoms with E-state index in [1.807, 2.05) is 18.2 Å². The number of benzene rings is 2. The highest BCUT2D eigenvalue weighted by Gasteiger charge is 2.07. The number of thiocarbonyl (C=S) groups is 1. The quantitative estimate of drug-likeness (QED) is 0.709. The van der Waals surface area contributed by atoms with Gasteiger partial charge in [-0.3, -0.25) is 4.79 Å². The third kappa shape index (κ3) is 4.78. The Balaban J connectivity index is 1.82. The molecule has 2 aromatic carbocycles. The summed E-state index contributed by atoms with van der Waals surface area (Å²) < 4.78 is 14.2. The molecule has 2 aromatic rings. The number of hydrogen-bond donors (Lipinski definition) is 3. The number of para-hydroxylation sites is 2. The van der Waals surface area contributed by atoms with Gasteiger partial charge < -0.3 is 16.0 Å². The monoisotopic (exact) mass is 381 g/mol. The first-order chi connectivity index (χ1) is 10.6. The Hall–Kier alpha value is -1.99. The van der Waals surface area contributed by atoms with E-state index in [-0.39, 0.29) is 23.3 Å². The standard InChI is InChI=1S/C15H13BrFN3OS/c16-10-5-1-3-7-12(10)19-14(21)9-18-15(22)20-13-8-4-2-6-11(13)17/h1-8H,9H2,(H,19,21)(H2,18,20,22). The summed E-state index contributed by atoms with van der Waals surface area (Å²) in [6.45, 7) is -0.0262. The van der Waals surface area contributed by atoms with E-state index in [1.165, 1.54) is 6.07 Å². The zero-order chi connectivity index (χ0) is 15.9. The largest absolute Gasteiger partial charge is 0.353 e. The van der Waals surface area contributed by atoms with Crippen molar-refractivity contribution in [3.63, 3.8) is 0 Å². The smallest absolute Gasteiger partial charge is 0.243 e. The molecule has 0 heterocycles. The topological polar surface area (TPSA) is 53.2 Å². The molecule has 0 aliphatic carbocycles. The molecule has 114 valence electrons. The van der Waals surface area contributed by atoms with Crippen molar-refractivity contribution in [3.8, 4) is 0 Å². The highest BCUT2D eigenvalue weighted by Crippen LogP contribution is 2.20. The Morgan fingerprint density at radius 3 is 2.36 bits per heavy atom. The summed E-state index contributed by atoms with van der Waals surface area (Å²) in [6.07, 6.45) is 0. The lowest BCUT2D eigenvalue weighted by atomic mass is 10.3. The summed E-state index contributed by atoms with van der Waals surface area (Å²) in [5.41, 5.74) is 0.925. The molecule has 0 saturated heterocycles. The molecule has 0 fully saturated rings. The number of amides is 1. The molecular formula is C15H13BrFN3OS. The fourth-order valence-electron chi connectivity index (χ4n) is 1.65. The van der Waals surface area contributed by atoms with Gasteiger partial charge in [-0.25, -0.2) is 4.39 Å². The Morgan fingerprint density at radius 2 is 1.68 bits per heavy atom. The van der Waals surface area contributed by atoms with Gasteiger partial charge in [0.05, 0.1) is 17.9 Å². The molecule has 22 heavy (non-hydrogen) atoms. The van der Waals surface area contributed by atoms with E-state index >= 15 is 0 Å². The minimum absolute atomic E-state index is 0.0262. The molecule has 0 saturated carbocycles. The molecule has 4 nitrogen and oxygen atoms in total. The lowest BCUT2D eigenvalue weighted by Gasteiger charge is -2.11. The van der Waals surface area contributed by atoms with Crippen molar-refractivity contribution in [2.75, 3.05) is 17.2 Å². The van der Waals surface area contributed by atoms with Gasteiger partial charge in [0.1, 0.15) is 5.82 Å². The van der Waals surface area contributed by atoms with Crippen LogP contribution in [0.25, 0.3) is 0 Å². The van der Waals surface area contributed by atoms with Gasteiger partial charge >= 0.3 is 0 Å². The van der Waals surface area contributed by atoms with Crippen molar-refractivity contribution in [2.45, 2.75) is 0 Å². The second kappa shape index (κ2) is 7.86. The third-order valence-electron chi connectivity index (χ3n) is 2.68. The molecule has 0 aliphatic heterocycles. The predicted molar refractivity (Wildman–Crippen MR) is 93.4 cm³/mol. The summed E-state index contributed by atoms with van der Waals surface area (Å²) in [4.78, 5) is 11.8. The first-order valence-electron chi connectivity index (χ1n) is 6.40. The number of carbonyl (C=O) groups is 1. The average Bonchev–Trinajstić information content (AvgIpc) is 2.50. The zero-order valence-corrected chi connectivity index (χ0v) is 13.8. The molecule has 0 aliphatic rings. The molecule has 0 unspecified atom stereocenters. The number of halogens is 2. The van der Waals surface area contributed by atoms with Gasteiger partial charge in [0.15, 0.2) is 5.11 Å². The maximum Gasteiger partial charge on any atom is 0.243 e. The van der Waals surface area contributed by atoms with Crippen LogP contribution in [-0.4, -0.2) is 17.6 Å². The van der Waals surface area contributed by atoms with Crippen molar-refractivity contribution in [3.05, 3.63) is 58.8 Å². The van der Waals surface area contributed by atoms with Crippen LogP contribution in [0.1, 0.15) is 0 Å². The fraction of sp³-hybridized carbons (Fsp3) is 0.0667. The maximum atomic E-state index is 13.4. The normalized spacial score (nSPS) is 9.91. The second-order valence-electron chi connectivity index (χ2n) is 4.32. The molecule has 2 rings (SSSR count). The zero-order valence-electron chi connectivity index (χ0n) is 11.4. The van der Waals surface area contributed by atoms with E-state index in [4.69, 9.17) is 12.2 Å². The molecule has 0 aromatic heterocycles. The summed E-state index contributed by atoms with van der Waals surface area (Å²) in [6, 6.07) is 13.4. The van der Waals surface area contributed by atoms with E-state index in [0.29, 0.717) is 5.69 Å². The SMILES string of the molecule is O=C(CNC(=S)Nc1ccccc1F)Nc1ccccc1Br. The van der Waals surface area contributed by atoms with Crippen LogP contribution in [0.2, 0.25) is 0 Å². The van der Waals surface area contributed by atoms with Crippen LogP contribution >= 0.6 is 28.1 Å². The van der Waals surface area contributed by atoms with Crippen LogP contribution in [-0.2, 0) is 4.79 Å². The minimum atomic E-state index is -0.413. The van der Waals surface area contributed by atoms with Gasteiger partial charge in [-0.2, -0.15) is 0 Å². The van der Waals surface area contributed by atoms with Gasteiger partial charge in [0.2, 0.25) is 5.91 Å². The molecular weight excluding hydrogens is 369 g/mol. The van der Waals surface area contributed by atoms with Gasteiger partial charge in [-0.15, -0.1) is 0 Å². The molecule has 0 spiro atoms. The first-order valence-corrected chi connectivity index (χ1v) is 7.60.